The van der Waals surface area contributed by atoms with Crippen molar-refractivity contribution in [2.75, 3.05) is 20.3 Å². The predicted octanol–water partition coefficient (Wildman–Crippen LogP) is 2.38. The van der Waals surface area contributed by atoms with Crippen molar-refractivity contribution in [1.82, 2.24) is 10.6 Å². The summed E-state index contributed by atoms with van der Waals surface area (Å²) < 4.78 is 15.5. The van der Waals surface area contributed by atoms with Gasteiger partial charge in [-0.3, -0.25) is 9.59 Å². The Kier molecular flexibility index (Phi) is 7.88. The third kappa shape index (κ3) is 6.45. The minimum atomic E-state index is -0.653. The minimum Gasteiger partial charge on any atom is -0.491 e. The van der Waals surface area contributed by atoms with Gasteiger partial charge in [0.25, 0.3) is 5.91 Å². The molecular weight excluding hydrogens is 348 g/mol. The van der Waals surface area contributed by atoms with E-state index in [1.165, 1.54) is 6.26 Å². The van der Waals surface area contributed by atoms with Crippen LogP contribution >= 0.6 is 0 Å². The van der Waals surface area contributed by atoms with Crippen LogP contribution in [0.4, 0.5) is 0 Å². The van der Waals surface area contributed by atoms with E-state index in [1.807, 2.05) is 38.1 Å². The molecule has 1 aromatic carbocycles. The average molecular weight is 374 g/mol. The molecule has 0 bridgehead atoms. The van der Waals surface area contributed by atoms with Crippen LogP contribution in [0, 0.1) is 5.92 Å². The van der Waals surface area contributed by atoms with E-state index < -0.39 is 11.9 Å². The maximum absolute atomic E-state index is 12.5. The number of hydrogen-bond acceptors (Lipinski definition) is 5. The van der Waals surface area contributed by atoms with Crippen LogP contribution in [0.1, 0.15) is 30.0 Å². The maximum Gasteiger partial charge on any atom is 0.287 e. The molecule has 2 aromatic rings. The van der Waals surface area contributed by atoms with Crippen LogP contribution in [-0.4, -0.2) is 38.2 Å². The lowest BCUT2D eigenvalue weighted by Crippen LogP contribution is -2.49. The Hall–Kier alpha value is -2.80. The highest BCUT2D eigenvalue weighted by Crippen LogP contribution is 2.12. The number of hydrogen-bond donors (Lipinski definition) is 2. The van der Waals surface area contributed by atoms with Crippen LogP contribution in [0.2, 0.25) is 0 Å². The molecule has 1 heterocycles. The Morgan fingerprint density at radius 1 is 1.11 bits per heavy atom. The lowest BCUT2D eigenvalue weighted by atomic mass is 10.0. The van der Waals surface area contributed by atoms with Crippen molar-refractivity contribution in [3.05, 3.63) is 54.0 Å². The summed E-state index contributed by atoms with van der Waals surface area (Å²) in [5, 5.41) is 5.57. The van der Waals surface area contributed by atoms with E-state index in [0.717, 1.165) is 11.3 Å². The van der Waals surface area contributed by atoms with Gasteiger partial charge in [0.1, 0.15) is 18.4 Å². The molecule has 0 saturated heterocycles. The highest BCUT2D eigenvalue weighted by atomic mass is 16.5. The Bertz CT molecular complexity index is 710. The summed E-state index contributed by atoms with van der Waals surface area (Å²) in [7, 11) is 1.62. The van der Waals surface area contributed by atoms with Gasteiger partial charge in [-0.2, -0.15) is 0 Å². The summed E-state index contributed by atoms with van der Waals surface area (Å²) in [4.78, 5) is 24.6. The second kappa shape index (κ2) is 10.4. The fourth-order valence-electron chi connectivity index (χ4n) is 2.40. The number of benzene rings is 1. The zero-order chi connectivity index (χ0) is 19.6. The fraction of sp³-hybridized carbons (Fsp3) is 0.400. The molecule has 27 heavy (non-hydrogen) atoms. The second-order valence-electron chi connectivity index (χ2n) is 6.38. The van der Waals surface area contributed by atoms with Gasteiger partial charge < -0.3 is 24.5 Å². The highest BCUT2D eigenvalue weighted by molar-refractivity contribution is 5.95. The van der Waals surface area contributed by atoms with E-state index in [4.69, 9.17) is 13.9 Å². The largest absolute Gasteiger partial charge is 0.491 e. The number of furan rings is 1. The van der Waals surface area contributed by atoms with Gasteiger partial charge in [0, 0.05) is 13.7 Å². The lowest BCUT2D eigenvalue weighted by Gasteiger charge is -2.21. The molecule has 2 rings (SSSR count). The van der Waals surface area contributed by atoms with Gasteiger partial charge in [-0.05, 0) is 35.7 Å². The third-order valence-corrected chi connectivity index (χ3v) is 3.93. The van der Waals surface area contributed by atoms with Crippen LogP contribution in [0.15, 0.2) is 47.1 Å². The fourth-order valence-corrected chi connectivity index (χ4v) is 2.40. The Morgan fingerprint density at radius 2 is 1.85 bits per heavy atom. The number of nitrogens with one attached hydrogen (secondary N) is 2. The van der Waals surface area contributed by atoms with E-state index in [-0.39, 0.29) is 17.6 Å². The van der Waals surface area contributed by atoms with Crippen LogP contribution in [-0.2, 0) is 16.1 Å². The lowest BCUT2D eigenvalue weighted by molar-refractivity contribution is -0.124. The smallest absolute Gasteiger partial charge is 0.287 e. The number of ether oxygens (including phenoxy) is 2. The van der Waals surface area contributed by atoms with Gasteiger partial charge in [-0.1, -0.05) is 26.0 Å². The number of rotatable bonds is 10. The van der Waals surface area contributed by atoms with E-state index in [9.17, 15) is 9.59 Å². The Balaban J connectivity index is 1.87. The van der Waals surface area contributed by atoms with E-state index in [0.29, 0.717) is 19.8 Å². The van der Waals surface area contributed by atoms with Crippen LogP contribution in [0.5, 0.6) is 5.75 Å². The second-order valence-corrected chi connectivity index (χ2v) is 6.38. The van der Waals surface area contributed by atoms with Crippen LogP contribution in [0.3, 0.4) is 0 Å². The van der Waals surface area contributed by atoms with Gasteiger partial charge in [0.05, 0.1) is 12.9 Å². The quantitative estimate of drug-likeness (QED) is 0.623. The molecule has 0 fully saturated rings. The molecule has 0 aliphatic rings. The molecule has 0 aliphatic carbocycles. The molecule has 1 atom stereocenters. The maximum atomic E-state index is 12.5. The summed E-state index contributed by atoms with van der Waals surface area (Å²) in [6.07, 6.45) is 1.42. The first-order chi connectivity index (χ1) is 13.0. The number of methoxy groups -OCH3 is 1. The molecule has 7 nitrogen and oxygen atoms in total. The molecule has 1 unspecified atom stereocenters. The average Bonchev–Trinajstić information content (AvgIpc) is 3.20. The first-order valence-corrected chi connectivity index (χ1v) is 8.84. The molecule has 0 saturated carbocycles. The zero-order valence-corrected chi connectivity index (χ0v) is 15.9. The molecule has 7 heteroatoms. The van der Waals surface area contributed by atoms with Gasteiger partial charge in [0.15, 0.2) is 5.76 Å². The predicted molar refractivity (Wildman–Crippen MR) is 100 cm³/mol. The summed E-state index contributed by atoms with van der Waals surface area (Å²) in [6.45, 7) is 5.12. The minimum absolute atomic E-state index is 0.0690. The molecule has 2 amide bonds. The van der Waals surface area contributed by atoms with E-state index in [1.54, 1.807) is 19.2 Å². The van der Waals surface area contributed by atoms with Crippen molar-refractivity contribution in [3.8, 4) is 5.75 Å². The monoisotopic (exact) mass is 374 g/mol. The van der Waals surface area contributed by atoms with Crippen molar-refractivity contribution in [2.24, 2.45) is 5.92 Å². The molecule has 0 spiro atoms. The SMILES string of the molecule is COCCOc1ccc(CNC(=O)C(NC(=O)c2ccco2)C(C)C)cc1. The number of carbonyl (C=O) groups is 2. The summed E-state index contributed by atoms with van der Waals surface area (Å²) in [5.41, 5.74) is 0.933. The van der Waals surface area contributed by atoms with Crippen LogP contribution < -0.4 is 15.4 Å². The molecular formula is C20H26N2O5. The molecule has 0 aliphatic heterocycles. The number of amides is 2. The van der Waals surface area contributed by atoms with Gasteiger partial charge in [-0.15, -0.1) is 0 Å². The standard InChI is InChI=1S/C20H26N2O5/c1-14(2)18(22-19(23)17-5-4-10-27-17)20(24)21-13-15-6-8-16(9-7-15)26-12-11-25-3/h4-10,14,18H,11-13H2,1-3H3,(H,21,24)(H,22,23). The summed E-state index contributed by atoms with van der Waals surface area (Å²) >= 11 is 0. The zero-order valence-electron chi connectivity index (χ0n) is 15.9. The van der Waals surface area contributed by atoms with Crippen molar-refractivity contribution in [2.45, 2.75) is 26.4 Å². The first-order valence-electron chi connectivity index (χ1n) is 8.84. The molecule has 146 valence electrons. The Morgan fingerprint density at radius 3 is 2.44 bits per heavy atom. The topological polar surface area (TPSA) is 89.8 Å². The van der Waals surface area contributed by atoms with Crippen molar-refractivity contribution < 1.29 is 23.5 Å². The van der Waals surface area contributed by atoms with Crippen molar-refractivity contribution >= 4 is 11.8 Å². The van der Waals surface area contributed by atoms with E-state index >= 15 is 0 Å². The molecule has 1 aromatic heterocycles. The molecule has 0 radical (unpaired) electrons. The van der Waals surface area contributed by atoms with E-state index in [2.05, 4.69) is 10.6 Å². The number of carbonyl (C=O) groups excluding carboxylic acids is 2. The highest BCUT2D eigenvalue weighted by Gasteiger charge is 2.25. The van der Waals surface area contributed by atoms with Crippen LogP contribution in [0.25, 0.3) is 0 Å². The Labute approximate surface area is 159 Å². The van der Waals surface area contributed by atoms with Gasteiger partial charge in [-0.25, -0.2) is 0 Å². The normalized spacial score (nSPS) is 11.9. The third-order valence-electron chi connectivity index (χ3n) is 3.93. The van der Waals surface area contributed by atoms with Crippen molar-refractivity contribution in [3.63, 3.8) is 0 Å². The van der Waals surface area contributed by atoms with Crippen molar-refractivity contribution in [1.29, 1.82) is 0 Å². The summed E-state index contributed by atoms with van der Waals surface area (Å²) in [6, 6.07) is 9.98. The molecule has 2 N–H and O–H groups in total. The van der Waals surface area contributed by atoms with Gasteiger partial charge >= 0.3 is 0 Å². The summed E-state index contributed by atoms with van der Waals surface area (Å²) in [5.74, 6) is 0.197. The first kappa shape index (κ1) is 20.5. The van der Waals surface area contributed by atoms with Gasteiger partial charge in [0.2, 0.25) is 5.91 Å².